The van der Waals surface area contributed by atoms with Gasteiger partial charge in [0.15, 0.2) is 0 Å². The Balaban J connectivity index is 1.94. The van der Waals surface area contributed by atoms with Crippen LogP contribution in [0, 0.1) is 0 Å². The second-order valence-corrected chi connectivity index (χ2v) is 5.90. The van der Waals surface area contributed by atoms with Crippen molar-refractivity contribution in [3.63, 3.8) is 0 Å². The number of piperazine rings is 1. The summed E-state index contributed by atoms with van der Waals surface area (Å²) in [5, 5.41) is 3.90. The molecule has 0 unspecified atom stereocenters. The van der Waals surface area contributed by atoms with E-state index in [9.17, 15) is 4.79 Å². The normalized spacial score (nSPS) is 14.3. The van der Waals surface area contributed by atoms with Crippen molar-refractivity contribution in [2.45, 2.75) is 0 Å². The van der Waals surface area contributed by atoms with Crippen molar-refractivity contribution in [2.75, 3.05) is 38.2 Å². The number of benzene rings is 2. The zero-order chi connectivity index (χ0) is 16.9. The number of carbonyl (C=O) groups is 1. The SMILES string of the molecule is COC(=O)c1ccc(N2CCNCC2)cc1Oc1cccc(Cl)c1. The number of nitrogens with zero attached hydrogens (tertiary/aromatic N) is 1. The van der Waals surface area contributed by atoms with Gasteiger partial charge < -0.3 is 19.7 Å². The van der Waals surface area contributed by atoms with Crippen LogP contribution < -0.4 is 15.0 Å². The molecule has 2 aromatic rings. The first-order valence-electron chi connectivity index (χ1n) is 7.79. The van der Waals surface area contributed by atoms with Crippen molar-refractivity contribution in [3.8, 4) is 11.5 Å². The van der Waals surface area contributed by atoms with Gasteiger partial charge in [-0.2, -0.15) is 0 Å². The average Bonchev–Trinajstić information content (AvgIpc) is 2.62. The predicted octanol–water partition coefficient (Wildman–Crippen LogP) is 3.33. The Bertz CT molecular complexity index is 730. The van der Waals surface area contributed by atoms with E-state index in [1.165, 1.54) is 7.11 Å². The minimum Gasteiger partial charge on any atom is -0.465 e. The molecule has 1 saturated heterocycles. The van der Waals surface area contributed by atoms with Gasteiger partial charge in [0.25, 0.3) is 0 Å². The summed E-state index contributed by atoms with van der Waals surface area (Å²) >= 11 is 6.01. The van der Waals surface area contributed by atoms with Crippen LogP contribution in [-0.2, 0) is 4.74 Å². The Morgan fingerprint density at radius 2 is 1.96 bits per heavy atom. The maximum absolute atomic E-state index is 12.0. The number of methoxy groups -OCH3 is 1. The van der Waals surface area contributed by atoms with Gasteiger partial charge in [-0.15, -0.1) is 0 Å². The van der Waals surface area contributed by atoms with E-state index >= 15 is 0 Å². The summed E-state index contributed by atoms with van der Waals surface area (Å²) in [6.07, 6.45) is 0. The highest BCUT2D eigenvalue weighted by molar-refractivity contribution is 6.30. The van der Waals surface area contributed by atoms with Crippen molar-refractivity contribution in [2.24, 2.45) is 0 Å². The molecule has 0 spiro atoms. The molecule has 1 fully saturated rings. The second kappa shape index (κ2) is 7.55. The van der Waals surface area contributed by atoms with E-state index in [1.54, 1.807) is 30.3 Å². The van der Waals surface area contributed by atoms with Gasteiger partial charge >= 0.3 is 5.97 Å². The van der Waals surface area contributed by atoms with E-state index in [4.69, 9.17) is 21.1 Å². The molecule has 126 valence electrons. The number of anilines is 1. The first-order valence-corrected chi connectivity index (χ1v) is 8.16. The number of carbonyl (C=O) groups excluding carboxylic acids is 1. The number of nitrogens with one attached hydrogen (secondary N) is 1. The largest absolute Gasteiger partial charge is 0.465 e. The number of halogens is 1. The number of hydrogen-bond donors (Lipinski definition) is 1. The summed E-state index contributed by atoms with van der Waals surface area (Å²) < 4.78 is 10.8. The molecule has 1 aliphatic heterocycles. The van der Waals surface area contributed by atoms with E-state index in [1.807, 2.05) is 12.1 Å². The topological polar surface area (TPSA) is 50.8 Å². The van der Waals surface area contributed by atoms with Gasteiger partial charge in [0.05, 0.1) is 7.11 Å². The minimum atomic E-state index is -0.432. The van der Waals surface area contributed by atoms with Crippen LogP contribution >= 0.6 is 11.6 Å². The molecule has 3 rings (SSSR count). The number of hydrogen-bond acceptors (Lipinski definition) is 5. The third-order valence-corrected chi connectivity index (χ3v) is 4.11. The summed E-state index contributed by atoms with van der Waals surface area (Å²) in [5.41, 5.74) is 1.40. The molecule has 0 saturated carbocycles. The number of ether oxygens (including phenoxy) is 2. The van der Waals surface area contributed by atoms with E-state index in [0.29, 0.717) is 22.1 Å². The van der Waals surface area contributed by atoms with Crippen molar-refractivity contribution in [1.82, 2.24) is 5.32 Å². The molecule has 6 heteroatoms. The standard InChI is InChI=1S/C18H19ClN2O3/c1-23-18(22)16-6-5-14(21-9-7-20-8-10-21)12-17(16)24-15-4-2-3-13(19)11-15/h2-6,11-12,20H,7-10H2,1H3. The van der Waals surface area contributed by atoms with Gasteiger partial charge in [0.2, 0.25) is 0 Å². The number of esters is 1. The van der Waals surface area contributed by atoms with Crippen LogP contribution in [0.4, 0.5) is 5.69 Å². The fourth-order valence-corrected chi connectivity index (χ4v) is 2.83. The van der Waals surface area contributed by atoms with E-state index in [-0.39, 0.29) is 0 Å². The Morgan fingerprint density at radius 1 is 1.17 bits per heavy atom. The van der Waals surface area contributed by atoms with Crippen molar-refractivity contribution in [1.29, 1.82) is 0 Å². The zero-order valence-electron chi connectivity index (χ0n) is 13.4. The summed E-state index contributed by atoms with van der Waals surface area (Å²) in [4.78, 5) is 14.3. The van der Waals surface area contributed by atoms with Crippen LogP contribution in [0.15, 0.2) is 42.5 Å². The lowest BCUT2D eigenvalue weighted by Gasteiger charge is -2.30. The molecule has 0 aromatic heterocycles. The molecule has 0 atom stereocenters. The van der Waals surface area contributed by atoms with E-state index in [2.05, 4.69) is 10.2 Å². The molecule has 1 heterocycles. The second-order valence-electron chi connectivity index (χ2n) is 5.47. The van der Waals surface area contributed by atoms with Crippen molar-refractivity contribution < 1.29 is 14.3 Å². The third kappa shape index (κ3) is 3.80. The van der Waals surface area contributed by atoms with Gasteiger partial charge in [-0.3, -0.25) is 0 Å². The zero-order valence-corrected chi connectivity index (χ0v) is 14.2. The number of rotatable bonds is 4. The first kappa shape index (κ1) is 16.6. The van der Waals surface area contributed by atoms with E-state index in [0.717, 1.165) is 31.9 Å². The highest BCUT2D eigenvalue weighted by Crippen LogP contribution is 2.31. The fourth-order valence-electron chi connectivity index (χ4n) is 2.65. The first-order chi connectivity index (χ1) is 11.7. The fraction of sp³-hybridized carbons (Fsp3) is 0.278. The molecule has 0 bridgehead atoms. The smallest absolute Gasteiger partial charge is 0.341 e. The summed E-state index contributed by atoms with van der Waals surface area (Å²) in [6.45, 7) is 3.69. The maximum atomic E-state index is 12.0. The Hall–Kier alpha value is -2.24. The monoisotopic (exact) mass is 346 g/mol. The lowest BCUT2D eigenvalue weighted by Crippen LogP contribution is -2.43. The summed E-state index contributed by atoms with van der Waals surface area (Å²) in [7, 11) is 1.36. The van der Waals surface area contributed by atoms with Crippen LogP contribution in [-0.4, -0.2) is 39.3 Å². The molecule has 0 amide bonds. The van der Waals surface area contributed by atoms with Gasteiger partial charge in [0, 0.05) is 43.0 Å². The van der Waals surface area contributed by atoms with Crippen LogP contribution in [0.3, 0.4) is 0 Å². The highest BCUT2D eigenvalue weighted by atomic mass is 35.5. The summed E-state index contributed by atoms with van der Waals surface area (Å²) in [6, 6.07) is 12.6. The predicted molar refractivity (Wildman–Crippen MR) is 94.4 cm³/mol. The van der Waals surface area contributed by atoms with Crippen molar-refractivity contribution in [3.05, 3.63) is 53.1 Å². The molecule has 1 N–H and O–H groups in total. The maximum Gasteiger partial charge on any atom is 0.341 e. The Labute approximate surface area is 146 Å². The van der Waals surface area contributed by atoms with E-state index < -0.39 is 5.97 Å². The highest BCUT2D eigenvalue weighted by Gasteiger charge is 2.18. The minimum absolute atomic E-state index is 0.386. The van der Waals surface area contributed by atoms with Gasteiger partial charge in [-0.1, -0.05) is 17.7 Å². The molecular formula is C18H19ClN2O3. The van der Waals surface area contributed by atoms with Crippen molar-refractivity contribution >= 4 is 23.3 Å². The lowest BCUT2D eigenvalue weighted by atomic mass is 10.1. The quantitative estimate of drug-likeness (QED) is 0.861. The van der Waals surface area contributed by atoms with Crippen LogP contribution in [0.2, 0.25) is 5.02 Å². The molecule has 2 aromatic carbocycles. The average molecular weight is 347 g/mol. The Kier molecular flexibility index (Phi) is 5.23. The lowest BCUT2D eigenvalue weighted by molar-refractivity contribution is 0.0598. The molecule has 5 nitrogen and oxygen atoms in total. The Morgan fingerprint density at radius 3 is 2.67 bits per heavy atom. The molecule has 0 radical (unpaired) electrons. The van der Waals surface area contributed by atoms with Crippen LogP contribution in [0.5, 0.6) is 11.5 Å². The molecule has 24 heavy (non-hydrogen) atoms. The van der Waals surface area contributed by atoms with Gasteiger partial charge in [-0.25, -0.2) is 4.79 Å². The third-order valence-electron chi connectivity index (χ3n) is 3.88. The van der Waals surface area contributed by atoms with Crippen LogP contribution in [0.1, 0.15) is 10.4 Å². The van der Waals surface area contributed by atoms with Crippen LogP contribution in [0.25, 0.3) is 0 Å². The van der Waals surface area contributed by atoms with Gasteiger partial charge in [0.1, 0.15) is 17.1 Å². The van der Waals surface area contributed by atoms with Gasteiger partial charge in [-0.05, 0) is 30.3 Å². The summed E-state index contributed by atoms with van der Waals surface area (Å²) in [5.74, 6) is 0.601. The molecular weight excluding hydrogens is 328 g/mol. The molecule has 0 aliphatic carbocycles. The molecule has 1 aliphatic rings.